The number of rotatable bonds is 5. The van der Waals surface area contributed by atoms with Gasteiger partial charge in [-0.1, -0.05) is 37.3 Å². The van der Waals surface area contributed by atoms with E-state index in [1.54, 1.807) is 13.2 Å². The van der Waals surface area contributed by atoms with Crippen molar-refractivity contribution in [2.75, 3.05) is 7.11 Å². The molecule has 0 fully saturated rings. The smallest absolute Gasteiger partial charge is 0.251 e. The summed E-state index contributed by atoms with van der Waals surface area (Å²) in [6.07, 6.45) is 0.852. The molecule has 0 heterocycles. The number of amides is 1. The van der Waals surface area contributed by atoms with Crippen LogP contribution in [-0.2, 0) is 0 Å². The van der Waals surface area contributed by atoms with Gasteiger partial charge in [0, 0.05) is 5.56 Å². The van der Waals surface area contributed by atoms with Gasteiger partial charge < -0.3 is 10.1 Å². The van der Waals surface area contributed by atoms with Crippen LogP contribution in [0.2, 0.25) is 0 Å². The summed E-state index contributed by atoms with van der Waals surface area (Å²) in [6, 6.07) is 15.5. The number of ether oxygens (including phenoxy) is 1. The second-order valence-electron chi connectivity index (χ2n) is 5.03. The molecular formula is C18H21NO2. The van der Waals surface area contributed by atoms with E-state index in [1.165, 1.54) is 0 Å². The van der Waals surface area contributed by atoms with E-state index < -0.39 is 0 Å². The van der Waals surface area contributed by atoms with Gasteiger partial charge in [0.05, 0.1) is 13.2 Å². The fraction of sp³-hybridized carbons (Fsp3) is 0.278. The quantitative estimate of drug-likeness (QED) is 0.904. The van der Waals surface area contributed by atoms with Gasteiger partial charge >= 0.3 is 0 Å². The molecule has 0 aliphatic rings. The molecule has 0 saturated carbocycles. The zero-order chi connectivity index (χ0) is 15.2. The molecule has 2 aromatic rings. The molecule has 110 valence electrons. The Morgan fingerprint density at radius 2 is 1.90 bits per heavy atom. The minimum absolute atomic E-state index is 0.0288. The largest absolute Gasteiger partial charge is 0.496 e. The highest BCUT2D eigenvalue weighted by atomic mass is 16.5. The Balaban J connectivity index is 2.15. The van der Waals surface area contributed by atoms with E-state index in [4.69, 9.17) is 4.74 Å². The van der Waals surface area contributed by atoms with Crippen molar-refractivity contribution in [2.45, 2.75) is 26.3 Å². The zero-order valence-electron chi connectivity index (χ0n) is 12.7. The molecule has 2 aromatic carbocycles. The Morgan fingerprint density at radius 3 is 2.48 bits per heavy atom. The van der Waals surface area contributed by atoms with Crippen LogP contribution in [0.15, 0.2) is 48.5 Å². The standard InChI is InChI=1S/C18H21NO2/c1-4-16(14-8-6-5-7-9-14)19-18(20)15-10-11-17(21-3)13(2)12-15/h5-12,16H,4H2,1-3H3,(H,19,20)/t16-/m1/s1. The van der Waals surface area contributed by atoms with Crippen LogP contribution < -0.4 is 10.1 Å². The van der Waals surface area contributed by atoms with Gasteiger partial charge in [-0.15, -0.1) is 0 Å². The molecule has 0 radical (unpaired) electrons. The first-order chi connectivity index (χ1) is 10.2. The molecular weight excluding hydrogens is 262 g/mol. The molecule has 1 N–H and O–H groups in total. The predicted molar refractivity (Wildman–Crippen MR) is 84.7 cm³/mol. The molecule has 0 aliphatic carbocycles. The minimum Gasteiger partial charge on any atom is -0.496 e. The van der Waals surface area contributed by atoms with Gasteiger partial charge in [-0.25, -0.2) is 0 Å². The van der Waals surface area contributed by atoms with Crippen molar-refractivity contribution in [2.24, 2.45) is 0 Å². The first kappa shape index (κ1) is 15.1. The van der Waals surface area contributed by atoms with Gasteiger partial charge in [0.25, 0.3) is 5.91 Å². The fourth-order valence-electron chi connectivity index (χ4n) is 2.37. The number of hydrogen-bond acceptors (Lipinski definition) is 2. The summed E-state index contributed by atoms with van der Waals surface area (Å²) >= 11 is 0. The van der Waals surface area contributed by atoms with E-state index in [9.17, 15) is 4.79 Å². The lowest BCUT2D eigenvalue weighted by Crippen LogP contribution is -2.28. The molecule has 0 unspecified atom stereocenters. The number of hydrogen-bond donors (Lipinski definition) is 1. The topological polar surface area (TPSA) is 38.3 Å². The Hall–Kier alpha value is -2.29. The highest BCUT2D eigenvalue weighted by Gasteiger charge is 2.14. The Bertz CT molecular complexity index is 608. The maximum atomic E-state index is 12.4. The Labute approximate surface area is 126 Å². The minimum atomic E-state index is -0.0588. The van der Waals surface area contributed by atoms with Crippen molar-refractivity contribution >= 4 is 5.91 Å². The molecule has 21 heavy (non-hydrogen) atoms. The van der Waals surface area contributed by atoms with Crippen LogP contribution in [0.5, 0.6) is 5.75 Å². The summed E-state index contributed by atoms with van der Waals surface area (Å²) in [7, 11) is 1.63. The summed E-state index contributed by atoms with van der Waals surface area (Å²) < 4.78 is 5.22. The highest BCUT2D eigenvalue weighted by molar-refractivity contribution is 5.94. The van der Waals surface area contributed by atoms with Crippen molar-refractivity contribution in [1.29, 1.82) is 0 Å². The van der Waals surface area contributed by atoms with E-state index in [0.717, 1.165) is 23.3 Å². The van der Waals surface area contributed by atoms with Crippen molar-refractivity contribution in [3.8, 4) is 5.75 Å². The normalized spacial score (nSPS) is 11.8. The predicted octanol–water partition coefficient (Wildman–Crippen LogP) is 3.88. The zero-order valence-corrected chi connectivity index (χ0v) is 12.7. The molecule has 1 amide bonds. The van der Waals surface area contributed by atoms with Crippen LogP contribution in [0.4, 0.5) is 0 Å². The molecule has 3 nitrogen and oxygen atoms in total. The molecule has 1 atom stereocenters. The van der Waals surface area contributed by atoms with E-state index in [1.807, 2.05) is 49.4 Å². The molecule has 3 heteroatoms. The lowest BCUT2D eigenvalue weighted by Gasteiger charge is -2.18. The molecule has 0 bridgehead atoms. The van der Waals surface area contributed by atoms with E-state index >= 15 is 0 Å². The monoisotopic (exact) mass is 283 g/mol. The summed E-state index contributed by atoms with van der Waals surface area (Å²) in [4.78, 5) is 12.4. The maximum absolute atomic E-state index is 12.4. The van der Waals surface area contributed by atoms with Crippen molar-refractivity contribution in [3.63, 3.8) is 0 Å². The van der Waals surface area contributed by atoms with Crippen LogP contribution in [0.1, 0.15) is 40.9 Å². The van der Waals surface area contributed by atoms with Gasteiger partial charge in [-0.3, -0.25) is 4.79 Å². The van der Waals surface area contributed by atoms with Gasteiger partial charge in [0.2, 0.25) is 0 Å². The third kappa shape index (κ3) is 3.63. The third-order valence-electron chi connectivity index (χ3n) is 3.57. The number of carbonyl (C=O) groups is 1. The van der Waals surface area contributed by atoms with Crippen LogP contribution in [0.3, 0.4) is 0 Å². The number of aryl methyl sites for hydroxylation is 1. The second-order valence-corrected chi connectivity index (χ2v) is 5.03. The van der Waals surface area contributed by atoms with Crippen LogP contribution >= 0.6 is 0 Å². The van der Waals surface area contributed by atoms with Gasteiger partial charge in [0.15, 0.2) is 0 Å². The van der Waals surface area contributed by atoms with Crippen molar-refractivity contribution in [3.05, 3.63) is 65.2 Å². The highest BCUT2D eigenvalue weighted by Crippen LogP contribution is 2.20. The summed E-state index contributed by atoms with van der Waals surface area (Å²) in [5.41, 5.74) is 2.74. The number of carbonyl (C=O) groups excluding carboxylic acids is 1. The lowest BCUT2D eigenvalue weighted by molar-refractivity contribution is 0.0935. The number of methoxy groups -OCH3 is 1. The van der Waals surface area contributed by atoms with Crippen LogP contribution in [0.25, 0.3) is 0 Å². The number of benzene rings is 2. The molecule has 0 spiro atoms. The Kier molecular flexibility index (Phi) is 4.99. The van der Waals surface area contributed by atoms with Gasteiger partial charge in [-0.2, -0.15) is 0 Å². The van der Waals surface area contributed by atoms with Crippen molar-refractivity contribution < 1.29 is 9.53 Å². The summed E-state index contributed by atoms with van der Waals surface area (Å²) in [6.45, 7) is 4.00. The Morgan fingerprint density at radius 1 is 1.19 bits per heavy atom. The molecule has 0 aliphatic heterocycles. The van der Waals surface area contributed by atoms with E-state index in [-0.39, 0.29) is 11.9 Å². The van der Waals surface area contributed by atoms with E-state index in [2.05, 4.69) is 12.2 Å². The average Bonchev–Trinajstić information content (AvgIpc) is 2.53. The fourth-order valence-corrected chi connectivity index (χ4v) is 2.37. The maximum Gasteiger partial charge on any atom is 0.251 e. The van der Waals surface area contributed by atoms with E-state index in [0.29, 0.717) is 5.56 Å². The van der Waals surface area contributed by atoms with Gasteiger partial charge in [0.1, 0.15) is 5.75 Å². The molecule has 0 aromatic heterocycles. The second kappa shape index (κ2) is 6.93. The number of nitrogens with one attached hydrogen (secondary N) is 1. The first-order valence-corrected chi connectivity index (χ1v) is 7.16. The SMILES string of the molecule is CC[C@@H](NC(=O)c1ccc(OC)c(C)c1)c1ccccc1. The average molecular weight is 283 g/mol. The summed E-state index contributed by atoms with van der Waals surface area (Å²) in [5, 5.41) is 3.08. The summed E-state index contributed by atoms with van der Waals surface area (Å²) in [5.74, 6) is 0.734. The molecule has 2 rings (SSSR count). The lowest BCUT2D eigenvalue weighted by atomic mass is 10.0. The van der Waals surface area contributed by atoms with Crippen LogP contribution in [0, 0.1) is 6.92 Å². The third-order valence-corrected chi connectivity index (χ3v) is 3.57. The van der Waals surface area contributed by atoms with Gasteiger partial charge in [-0.05, 0) is 42.7 Å². The first-order valence-electron chi connectivity index (χ1n) is 7.16. The van der Waals surface area contributed by atoms with Crippen LogP contribution in [-0.4, -0.2) is 13.0 Å². The van der Waals surface area contributed by atoms with Crippen molar-refractivity contribution in [1.82, 2.24) is 5.32 Å². The molecule has 0 saturated heterocycles.